The van der Waals surface area contributed by atoms with E-state index in [1.165, 1.54) is 0 Å². The number of hydrogen-bond donors (Lipinski definition) is 3. The van der Waals surface area contributed by atoms with Crippen LogP contribution in [-0.2, 0) is 0 Å². The Labute approximate surface area is 69.5 Å². The second kappa shape index (κ2) is 2.80. The summed E-state index contributed by atoms with van der Waals surface area (Å²) in [6.45, 7) is 0. The molecule has 0 fully saturated rings. The standard InChI is InChI=1S/C7H8ClN3/c8-5-2-1-4(7(10)11)3-6(5)9/h1-3H,9H2,(H3,10,11). The molecule has 0 aliphatic carbocycles. The Bertz CT molecular complexity index is 296. The van der Waals surface area contributed by atoms with E-state index in [4.69, 9.17) is 28.5 Å². The molecule has 0 atom stereocenters. The molecule has 0 spiro atoms. The third kappa shape index (κ3) is 1.62. The van der Waals surface area contributed by atoms with Crippen LogP contribution < -0.4 is 11.5 Å². The summed E-state index contributed by atoms with van der Waals surface area (Å²) in [4.78, 5) is 0. The highest BCUT2D eigenvalue weighted by molar-refractivity contribution is 6.33. The largest absolute Gasteiger partial charge is 0.398 e. The third-order valence-electron chi connectivity index (χ3n) is 1.31. The predicted molar refractivity (Wildman–Crippen MR) is 46.9 cm³/mol. The fourth-order valence-electron chi connectivity index (χ4n) is 0.711. The highest BCUT2D eigenvalue weighted by Gasteiger charge is 1.99. The van der Waals surface area contributed by atoms with Crippen molar-refractivity contribution in [1.82, 2.24) is 0 Å². The van der Waals surface area contributed by atoms with Crippen molar-refractivity contribution >= 4 is 23.1 Å². The number of halogens is 1. The summed E-state index contributed by atoms with van der Waals surface area (Å²) < 4.78 is 0. The molecule has 0 bridgehead atoms. The average molecular weight is 170 g/mol. The maximum Gasteiger partial charge on any atom is 0.122 e. The number of anilines is 1. The van der Waals surface area contributed by atoms with Crippen LogP contribution in [0.25, 0.3) is 0 Å². The molecule has 1 rings (SSSR count). The summed E-state index contributed by atoms with van der Waals surface area (Å²) in [5.41, 5.74) is 11.7. The van der Waals surface area contributed by atoms with E-state index < -0.39 is 0 Å². The highest BCUT2D eigenvalue weighted by atomic mass is 35.5. The molecule has 0 aliphatic heterocycles. The van der Waals surface area contributed by atoms with Gasteiger partial charge in [0.1, 0.15) is 5.84 Å². The van der Waals surface area contributed by atoms with Gasteiger partial charge in [-0.15, -0.1) is 0 Å². The molecule has 0 saturated carbocycles. The van der Waals surface area contributed by atoms with Crippen LogP contribution in [0.5, 0.6) is 0 Å². The minimum atomic E-state index is -0.00614. The Morgan fingerprint density at radius 3 is 2.55 bits per heavy atom. The van der Waals surface area contributed by atoms with E-state index in [0.29, 0.717) is 16.3 Å². The van der Waals surface area contributed by atoms with Crippen molar-refractivity contribution in [2.24, 2.45) is 5.73 Å². The smallest absolute Gasteiger partial charge is 0.122 e. The second-order valence-electron chi connectivity index (χ2n) is 2.15. The van der Waals surface area contributed by atoms with E-state index in [0.717, 1.165) is 0 Å². The molecule has 0 unspecified atom stereocenters. The monoisotopic (exact) mass is 169 g/mol. The van der Waals surface area contributed by atoms with Gasteiger partial charge >= 0.3 is 0 Å². The van der Waals surface area contributed by atoms with Crippen LogP contribution in [-0.4, -0.2) is 5.84 Å². The van der Waals surface area contributed by atoms with Crippen LogP contribution in [0.2, 0.25) is 5.02 Å². The SMILES string of the molecule is N=C(N)c1ccc(Cl)c(N)c1. The van der Waals surface area contributed by atoms with E-state index in [-0.39, 0.29) is 5.84 Å². The molecular weight excluding hydrogens is 162 g/mol. The minimum Gasteiger partial charge on any atom is -0.398 e. The van der Waals surface area contributed by atoms with Crippen molar-refractivity contribution in [2.45, 2.75) is 0 Å². The van der Waals surface area contributed by atoms with Crippen LogP contribution in [0.1, 0.15) is 5.56 Å². The van der Waals surface area contributed by atoms with E-state index in [1.807, 2.05) is 0 Å². The Hall–Kier alpha value is -1.22. The number of nitrogens with one attached hydrogen (secondary N) is 1. The summed E-state index contributed by atoms with van der Waals surface area (Å²) in [6, 6.07) is 4.85. The van der Waals surface area contributed by atoms with Gasteiger partial charge in [-0.3, -0.25) is 5.41 Å². The van der Waals surface area contributed by atoms with Gasteiger partial charge in [0.2, 0.25) is 0 Å². The van der Waals surface area contributed by atoms with Gasteiger partial charge < -0.3 is 11.5 Å². The van der Waals surface area contributed by atoms with Crippen LogP contribution in [0.3, 0.4) is 0 Å². The first-order valence-corrected chi connectivity index (χ1v) is 3.38. The quantitative estimate of drug-likeness (QED) is 0.336. The first kappa shape index (κ1) is 7.88. The lowest BCUT2D eigenvalue weighted by Crippen LogP contribution is -2.11. The van der Waals surface area contributed by atoms with Gasteiger partial charge in [0.05, 0.1) is 10.7 Å². The topological polar surface area (TPSA) is 75.9 Å². The minimum absolute atomic E-state index is 0.00614. The number of nitrogen functional groups attached to an aromatic ring is 2. The first-order valence-electron chi connectivity index (χ1n) is 3.00. The van der Waals surface area contributed by atoms with E-state index >= 15 is 0 Å². The molecule has 4 heteroatoms. The number of amidine groups is 1. The van der Waals surface area contributed by atoms with Crippen LogP contribution >= 0.6 is 11.6 Å². The Morgan fingerprint density at radius 1 is 1.45 bits per heavy atom. The lowest BCUT2D eigenvalue weighted by molar-refractivity contribution is 1.42. The van der Waals surface area contributed by atoms with Gasteiger partial charge in [0.25, 0.3) is 0 Å². The summed E-state index contributed by atoms with van der Waals surface area (Å²) in [6.07, 6.45) is 0. The molecule has 5 N–H and O–H groups in total. The molecule has 0 aromatic heterocycles. The van der Waals surface area contributed by atoms with Crippen LogP contribution in [0.15, 0.2) is 18.2 Å². The summed E-state index contributed by atoms with van der Waals surface area (Å²) in [5.74, 6) is -0.00614. The zero-order valence-electron chi connectivity index (χ0n) is 5.76. The molecule has 0 heterocycles. The van der Waals surface area contributed by atoms with Gasteiger partial charge in [0, 0.05) is 5.56 Å². The molecule has 0 radical (unpaired) electrons. The van der Waals surface area contributed by atoms with Gasteiger partial charge in [-0.05, 0) is 18.2 Å². The highest BCUT2D eigenvalue weighted by Crippen LogP contribution is 2.18. The van der Waals surface area contributed by atoms with Crippen molar-refractivity contribution in [2.75, 3.05) is 5.73 Å². The number of hydrogen-bond acceptors (Lipinski definition) is 2. The van der Waals surface area contributed by atoms with Crippen molar-refractivity contribution in [3.63, 3.8) is 0 Å². The molecule has 3 nitrogen and oxygen atoms in total. The molecule has 0 aliphatic rings. The van der Waals surface area contributed by atoms with Crippen molar-refractivity contribution in [1.29, 1.82) is 5.41 Å². The van der Waals surface area contributed by atoms with E-state index in [9.17, 15) is 0 Å². The molecule has 0 amide bonds. The first-order chi connectivity index (χ1) is 5.11. The fraction of sp³-hybridized carbons (Fsp3) is 0. The third-order valence-corrected chi connectivity index (χ3v) is 1.65. The maximum atomic E-state index is 7.08. The van der Waals surface area contributed by atoms with Crippen molar-refractivity contribution < 1.29 is 0 Å². The van der Waals surface area contributed by atoms with Crippen LogP contribution in [0, 0.1) is 5.41 Å². The van der Waals surface area contributed by atoms with Crippen molar-refractivity contribution in [3.8, 4) is 0 Å². The maximum absolute atomic E-state index is 7.08. The summed E-state index contributed by atoms with van der Waals surface area (Å²) in [7, 11) is 0. The number of benzene rings is 1. The normalized spacial score (nSPS) is 9.55. The summed E-state index contributed by atoms with van der Waals surface area (Å²) >= 11 is 5.65. The predicted octanol–water partition coefficient (Wildman–Crippen LogP) is 1.21. The molecule has 1 aromatic carbocycles. The van der Waals surface area contributed by atoms with E-state index in [2.05, 4.69) is 0 Å². The molecule has 11 heavy (non-hydrogen) atoms. The lowest BCUT2D eigenvalue weighted by atomic mass is 10.2. The second-order valence-corrected chi connectivity index (χ2v) is 2.56. The van der Waals surface area contributed by atoms with Gasteiger partial charge in [-0.1, -0.05) is 11.6 Å². The van der Waals surface area contributed by atoms with Gasteiger partial charge in [0.15, 0.2) is 0 Å². The lowest BCUT2D eigenvalue weighted by Gasteiger charge is -2.00. The summed E-state index contributed by atoms with van der Waals surface area (Å²) in [5, 5.41) is 7.56. The van der Waals surface area contributed by atoms with Crippen molar-refractivity contribution in [3.05, 3.63) is 28.8 Å². The average Bonchev–Trinajstić information content (AvgIpc) is 1.94. The fourth-order valence-corrected chi connectivity index (χ4v) is 0.829. The number of nitrogens with two attached hydrogens (primary N) is 2. The number of rotatable bonds is 1. The molecule has 1 aromatic rings. The van der Waals surface area contributed by atoms with Gasteiger partial charge in [-0.25, -0.2) is 0 Å². The Morgan fingerprint density at radius 2 is 2.09 bits per heavy atom. The Kier molecular flexibility index (Phi) is 2.01. The molecule has 0 saturated heterocycles. The zero-order valence-corrected chi connectivity index (χ0v) is 6.52. The van der Waals surface area contributed by atoms with Crippen LogP contribution in [0.4, 0.5) is 5.69 Å². The zero-order chi connectivity index (χ0) is 8.43. The molecular formula is C7H8ClN3. The Balaban J connectivity index is 3.15. The molecule has 58 valence electrons. The van der Waals surface area contributed by atoms with Gasteiger partial charge in [-0.2, -0.15) is 0 Å². The van der Waals surface area contributed by atoms with E-state index in [1.54, 1.807) is 18.2 Å².